The fourth-order valence-electron chi connectivity index (χ4n) is 3.68. The van der Waals surface area contributed by atoms with Crippen LogP contribution in [0.4, 0.5) is 0 Å². The van der Waals surface area contributed by atoms with Crippen molar-refractivity contribution in [3.8, 4) is 0 Å². The maximum Gasteiger partial charge on any atom is 0.243 e. The van der Waals surface area contributed by atoms with Crippen LogP contribution in [-0.2, 0) is 22.9 Å². The van der Waals surface area contributed by atoms with Gasteiger partial charge in [-0.2, -0.15) is 4.31 Å². The van der Waals surface area contributed by atoms with Gasteiger partial charge in [0.05, 0.1) is 4.90 Å². The monoisotopic (exact) mass is 323 g/mol. The molecular weight excluding hydrogens is 298 g/mol. The minimum absolute atomic E-state index is 0.0933. The van der Waals surface area contributed by atoms with E-state index < -0.39 is 10.0 Å². The molecule has 0 radical (unpaired) electrons. The summed E-state index contributed by atoms with van der Waals surface area (Å²) < 4.78 is 27.3. The summed E-state index contributed by atoms with van der Waals surface area (Å²) in [5.74, 6) is 0. The van der Waals surface area contributed by atoms with Crippen LogP contribution in [0.15, 0.2) is 23.1 Å². The fraction of sp³-hybridized carbons (Fsp3) is 0.647. The van der Waals surface area contributed by atoms with Crippen molar-refractivity contribution in [1.29, 1.82) is 0 Å². The van der Waals surface area contributed by atoms with E-state index in [4.69, 9.17) is 0 Å². The van der Waals surface area contributed by atoms with Gasteiger partial charge in [-0.1, -0.05) is 13.0 Å². The molecule has 0 spiro atoms. The van der Waals surface area contributed by atoms with Gasteiger partial charge in [-0.05, 0) is 67.2 Å². The SMILES string of the molecule is CCC1(CO)CCN(S(=O)(=O)c2ccc3c(c2)CCC3)CC1. The van der Waals surface area contributed by atoms with E-state index in [1.807, 2.05) is 12.1 Å². The maximum atomic E-state index is 12.8. The summed E-state index contributed by atoms with van der Waals surface area (Å²) in [6.45, 7) is 3.23. The Hall–Kier alpha value is -0.910. The van der Waals surface area contributed by atoms with Gasteiger partial charge >= 0.3 is 0 Å². The number of aliphatic hydroxyl groups excluding tert-OH is 1. The highest BCUT2D eigenvalue weighted by atomic mass is 32.2. The zero-order valence-electron chi connectivity index (χ0n) is 13.2. The molecule has 5 heteroatoms. The summed E-state index contributed by atoms with van der Waals surface area (Å²) >= 11 is 0. The van der Waals surface area contributed by atoms with Crippen LogP contribution in [0, 0.1) is 5.41 Å². The second-order valence-corrected chi connectivity index (χ2v) is 8.64. The standard InChI is InChI=1S/C17H25NO3S/c1-2-17(13-19)8-10-18(11-9-17)22(20,21)16-7-6-14-4-3-5-15(14)12-16/h6-7,12,19H,2-5,8-11,13H2,1H3. The number of aliphatic hydroxyl groups is 1. The Morgan fingerprint density at radius 2 is 1.86 bits per heavy atom. The van der Waals surface area contributed by atoms with Gasteiger partial charge in [0.25, 0.3) is 0 Å². The van der Waals surface area contributed by atoms with Gasteiger partial charge in [-0.25, -0.2) is 8.42 Å². The van der Waals surface area contributed by atoms with E-state index in [1.165, 1.54) is 11.1 Å². The van der Waals surface area contributed by atoms with Gasteiger partial charge in [-0.3, -0.25) is 0 Å². The molecular formula is C17H25NO3S. The van der Waals surface area contributed by atoms with Crippen molar-refractivity contribution >= 4 is 10.0 Å². The number of fused-ring (bicyclic) bond motifs is 1. The molecule has 1 aromatic carbocycles. The summed E-state index contributed by atoms with van der Waals surface area (Å²) in [6, 6.07) is 5.60. The number of hydrogen-bond acceptors (Lipinski definition) is 3. The molecule has 0 bridgehead atoms. The predicted molar refractivity (Wildman–Crippen MR) is 86.3 cm³/mol. The highest BCUT2D eigenvalue weighted by molar-refractivity contribution is 7.89. The van der Waals surface area contributed by atoms with Crippen LogP contribution in [0.2, 0.25) is 0 Å². The lowest BCUT2D eigenvalue weighted by Crippen LogP contribution is -2.44. The lowest BCUT2D eigenvalue weighted by atomic mass is 9.77. The van der Waals surface area contributed by atoms with Crippen molar-refractivity contribution in [2.45, 2.75) is 50.3 Å². The lowest BCUT2D eigenvalue weighted by molar-refractivity contribution is 0.0647. The zero-order valence-corrected chi connectivity index (χ0v) is 14.0. The third-order valence-electron chi connectivity index (χ3n) is 5.58. The molecule has 1 saturated heterocycles. The van der Waals surface area contributed by atoms with Gasteiger partial charge in [0.2, 0.25) is 10.0 Å². The lowest BCUT2D eigenvalue weighted by Gasteiger charge is -2.39. The summed E-state index contributed by atoms with van der Waals surface area (Å²) in [4.78, 5) is 0.432. The second kappa shape index (κ2) is 5.95. The van der Waals surface area contributed by atoms with E-state index in [0.717, 1.165) is 38.5 Å². The molecule has 2 aliphatic rings. The van der Waals surface area contributed by atoms with Crippen molar-refractivity contribution < 1.29 is 13.5 Å². The molecule has 1 heterocycles. The number of hydrogen-bond donors (Lipinski definition) is 1. The minimum atomic E-state index is -3.40. The average Bonchev–Trinajstić information content (AvgIpc) is 3.02. The Kier molecular flexibility index (Phi) is 4.32. The van der Waals surface area contributed by atoms with E-state index in [0.29, 0.717) is 18.0 Å². The Morgan fingerprint density at radius 1 is 1.18 bits per heavy atom. The van der Waals surface area contributed by atoms with Crippen LogP contribution in [0.5, 0.6) is 0 Å². The van der Waals surface area contributed by atoms with Crippen molar-refractivity contribution in [3.63, 3.8) is 0 Å². The van der Waals surface area contributed by atoms with Gasteiger partial charge in [-0.15, -0.1) is 0 Å². The number of aryl methyl sites for hydroxylation is 2. The van der Waals surface area contributed by atoms with Crippen LogP contribution in [0.3, 0.4) is 0 Å². The van der Waals surface area contributed by atoms with Crippen molar-refractivity contribution in [2.24, 2.45) is 5.41 Å². The molecule has 1 aromatic rings. The highest BCUT2D eigenvalue weighted by Crippen LogP contribution is 2.36. The molecule has 1 fully saturated rings. The number of sulfonamides is 1. The molecule has 0 aromatic heterocycles. The zero-order chi connectivity index (χ0) is 15.8. The van der Waals surface area contributed by atoms with Gasteiger partial charge < -0.3 is 5.11 Å². The first-order valence-corrected chi connectivity index (χ1v) is 9.68. The molecule has 1 aliphatic heterocycles. The molecule has 4 nitrogen and oxygen atoms in total. The molecule has 122 valence electrons. The minimum Gasteiger partial charge on any atom is -0.396 e. The van der Waals surface area contributed by atoms with E-state index in [1.54, 1.807) is 10.4 Å². The van der Waals surface area contributed by atoms with Crippen molar-refractivity contribution in [3.05, 3.63) is 29.3 Å². The van der Waals surface area contributed by atoms with Crippen LogP contribution >= 0.6 is 0 Å². The van der Waals surface area contributed by atoms with E-state index in [-0.39, 0.29) is 12.0 Å². The Morgan fingerprint density at radius 3 is 2.50 bits per heavy atom. The summed E-state index contributed by atoms with van der Waals surface area (Å²) in [5, 5.41) is 9.59. The molecule has 22 heavy (non-hydrogen) atoms. The first-order valence-electron chi connectivity index (χ1n) is 8.24. The van der Waals surface area contributed by atoms with E-state index in [2.05, 4.69) is 6.92 Å². The molecule has 1 aliphatic carbocycles. The number of piperidine rings is 1. The van der Waals surface area contributed by atoms with Crippen LogP contribution in [0.25, 0.3) is 0 Å². The normalized spacial score (nSPS) is 21.7. The summed E-state index contributed by atoms with van der Waals surface area (Å²) in [6.07, 6.45) is 5.56. The van der Waals surface area contributed by atoms with Gasteiger partial charge in [0.15, 0.2) is 0 Å². The van der Waals surface area contributed by atoms with E-state index >= 15 is 0 Å². The fourth-order valence-corrected chi connectivity index (χ4v) is 5.17. The largest absolute Gasteiger partial charge is 0.396 e. The maximum absolute atomic E-state index is 12.8. The molecule has 0 atom stereocenters. The Labute approximate surface area is 133 Å². The molecule has 3 rings (SSSR count). The van der Waals surface area contributed by atoms with Crippen LogP contribution in [-0.4, -0.2) is 37.5 Å². The number of nitrogens with zero attached hydrogens (tertiary/aromatic N) is 1. The quantitative estimate of drug-likeness (QED) is 0.925. The Bertz CT molecular complexity index is 640. The summed E-state index contributed by atoms with van der Waals surface area (Å²) in [5.41, 5.74) is 2.39. The smallest absolute Gasteiger partial charge is 0.243 e. The summed E-state index contributed by atoms with van der Waals surface area (Å²) in [7, 11) is -3.40. The number of rotatable bonds is 4. The molecule has 0 amide bonds. The Balaban J connectivity index is 1.80. The molecule has 1 N–H and O–H groups in total. The topological polar surface area (TPSA) is 57.6 Å². The third-order valence-corrected chi connectivity index (χ3v) is 7.47. The van der Waals surface area contributed by atoms with Crippen molar-refractivity contribution in [1.82, 2.24) is 4.31 Å². The molecule has 0 unspecified atom stereocenters. The first-order chi connectivity index (χ1) is 10.5. The van der Waals surface area contributed by atoms with Gasteiger partial charge in [0.1, 0.15) is 0 Å². The first kappa shape index (κ1) is 16.0. The van der Waals surface area contributed by atoms with E-state index in [9.17, 15) is 13.5 Å². The third kappa shape index (κ3) is 2.70. The highest BCUT2D eigenvalue weighted by Gasteiger charge is 2.37. The number of benzene rings is 1. The average molecular weight is 323 g/mol. The van der Waals surface area contributed by atoms with Crippen LogP contribution in [0.1, 0.15) is 43.7 Å². The van der Waals surface area contributed by atoms with Crippen molar-refractivity contribution in [2.75, 3.05) is 19.7 Å². The molecule has 0 saturated carbocycles. The van der Waals surface area contributed by atoms with Crippen LogP contribution < -0.4 is 0 Å². The van der Waals surface area contributed by atoms with Gasteiger partial charge in [0, 0.05) is 19.7 Å². The predicted octanol–water partition coefficient (Wildman–Crippen LogP) is 2.35. The second-order valence-electron chi connectivity index (χ2n) is 6.70.